The number of amides is 1. The normalized spacial score (nSPS) is 20.4. The van der Waals surface area contributed by atoms with Crippen molar-refractivity contribution < 1.29 is 13.7 Å². The summed E-state index contributed by atoms with van der Waals surface area (Å²) >= 11 is 1.45. The van der Waals surface area contributed by atoms with Crippen LogP contribution in [0.3, 0.4) is 0 Å². The molecule has 5 rings (SSSR count). The van der Waals surface area contributed by atoms with Crippen LogP contribution in [0, 0.1) is 19.3 Å². The summed E-state index contributed by atoms with van der Waals surface area (Å²) in [6.45, 7) is 11.2. The molecular weight excluding hydrogens is 482 g/mol. The molecule has 2 aromatic carbocycles. The number of nitrogens with one attached hydrogen (secondary N) is 1. The quantitative estimate of drug-likeness (QED) is 0.361. The number of aryl methyl sites for hydroxylation is 2. The van der Waals surface area contributed by atoms with Gasteiger partial charge in [-0.2, -0.15) is 0 Å². The zero-order valence-corrected chi connectivity index (χ0v) is 22.8. The van der Waals surface area contributed by atoms with Gasteiger partial charge in [-0.25, -0.2) is 4.98 Å². The van der Waals surface area contributed by atoms with Gasteiger partial charge in [0.15, 0.2) is 0 Å². The largest absolute Gasteiger partial charge is 0.473 e. The Morgan fingerprint density at radius 2 is 1.84 bits per heavy atom. The highest BCUT2D eigenvalue weighted by atomic mass is 32.2. The number of hydrogen-bond acceptors (Lipinski definition) is 6. The molecule has 3 heterocycles. The van der Waals surface area contributed by atoms with Crippen LogP contribution in [0.2, 0.25) is 0 Å². The molecule has 0 saturated carbocycles. The summed E-state index contributed by atoms with van der Waals surface area (Å²) in [4.78, 5) is 20.3. The summed E-state index contributed by atoms with van der Waals surface area (Å²) in [6, 6.07) is 20.9. The Balaban J connectivity index is 1.14. The number of pyridine rings is 1. The number of aromatic nitrogens is 1. The first-order chi connectivity index (χ1) is 17.8. The zero-order valence-electron chi connectivity index (χ0n) is 22.0. The molecule has 6 nitrogen and oxygen atoms in total. The minimum Gasteiger partial charge on any atom is -0.473 e. The summed E-state index contributed by atoms with van der Waals surface area (Å²) in [5, 5.41) is 2.98. The number of hydrogen-bond donors (Lipinski definition) is 1. The van der Waals surface area contributed by atoms with Gasteiger partial charge in [-0.05, 0) is 55.5 Å². The van der Waals surface area contributed by atoms with Crippen LogP contribution < -0.4 is 15.0 Å². The molecule has 2 atom stereocenters. The zero-order chi connectivity index (χ0) is 26.0. The average Bonchev–Trinajstić information content (AvgIpc) is 3.21. The number of ether oxygens (including phenoxy) is 1. The number of anilines is 1. The third kappa shape index (κ3) is 5.78. The van der Waals surface area contributed by atoms with E-state index >= 15 is 0 Å². The van der Waals surface area contributed by atoms with E-state index in [1.54, 1.807) is 0 Å². The van der Waals surface area contributed by atoms with Crippen LogP contribution in [-0.2, 0) is 15.6 Å². The second-order valence-electron chi connectivity index (χ2n) is 10.5. The highest BCUT2D eigenvalue weighted by Crippen LogP contribution is 2.41. The Morgan fingerprint density at radius 1 is 1.11 bits per heavy atom. The minimum atomic E-state index is -0.347. The number of carbonyl (C=O) groups is 1. The van der Waals surface area contributed by atoms with Crippen LogP contribution in [0.15, 0.2) is 65.6 Å². The Bertz CT molecular complexity index is 1240. The fourth-order valence-corrected chi connectivity index (χ4v) is 5.51. The molecule has 0 spiro atoms. The Hall–Kier alpha value is -3.03. The molecule has 37 heavy (non-hydrogen) atoms. The molecule has 7 heteroatoms. The van der Waals surface area contributed by atoms with Gasteiger partial charge in [0.1, 0.15) is 12.7 Å². The molecule has 2 fully saturated rings. The minimum absolute atomic E-state index is 0.152. The summed E-state index contributed by atoms with van der Waals surface area (Å²) in [6.07, 6.45) is 1.07. The molecule has 0 bridgehead atoms. The first kappa shape index (κ1) is 25.6. The maximum atomic E-state index is 12.3. The molecule has 0 aliphatic carbocycles. The van der Waals surface area contributed by atoms with E-state index in [4.69, 9.17) is 8.92 Å². The topological polar surface area (TPSA) is 63.7 Å². The molecule has 2 saturated heterocycles. The van der Waals surface area contributed by atoms with Crippen LogP contribution in [0.4, 0.5) is 5.69 Å². The summed E-state index contributed by atoms with van der Waals surface area (Å²) < 4.78 is 12.1. The van der Waals surface area contributed by atoms with Gasteiger partial charge in [0.05, 0.1) is 5.41 Å². The predicted octanol–water partition coefficient (Wildman–Crippen LogP) is 5.82. The predicted molar refractivity (Wildman–Crippen MR) is 148 cm³/mol. The van der Waals surface area contributed by atoms with Gasteiger partial charge >= 0.3 is 0 Å². The van der Waals surface area contributed by atoms with Gasteiger partial charge in [0, 0.05) is 54.0 Å². The lowest BCUT2D eigenvalue weighted by Crippen LogP contribution is -2.51. The fraction of sp³-hybridized carbons (Fsp3) is 0.400. The van der Waals surface area contributed by atoms with Crippen LogP contribution in [0.25, 0.3) is 0 Å². The van der Waals surface area contributed by atoms with E-state index in [1.807, 2.05) is 13.0 Å². The van der Waals surface area contributed by atoms with Gasteiger partial charge in [0.25, 0.3) is 0 Å². The van der Waals surface area contributed by atoms with Crippen molar-refractivity contribution in [2.45, 2.75) is 57.6 Å². The number of nitrogens with zero attached hydrogens (tertiary/aromatic N) is 2. The summed E-state index contributed by atoms with van der Waals surface area (Å²) in [5.74, 6) is 0.936. The van der Waals surface area contributed by atoms with Crippen molar-refractivity contribution in [3.05, 3.63) is 83.0 Å². The molecule has 1 aromatic heterocycles. The second-order valence-corrected chi connectivity index (χ2v) is 11.3. The van der Waals surface area contributed by atoms with E-state index in [9.17, 15) is 4.79 Å². The number of carbonyl (C=O) groups excluding carboxylic acids is 1. The first-order valence-electron chi connectivity index (χ1n) is 12.9. The highest BCUT2D eigenvalue weighted by molar-refractivity contribution is 7.94. The maximum Gasteiger partial charge on any atom is 0.226 e. The van der Waals surface area contributed by atoms with Crippen LogP contribution in [-0.4, -0.2) is 36.6 Å². The lowest BCUT2D eigenvalue weighted by Gasteiger charge is -2.40. The van der Waals surface area contributed by atoms with E-state index in [-0.39, 0.29) is 23.3 Å². The Labute approximate surface area is 224 Å². The van der Waals surface area contributed by atoms with E-state index in [1.165, 1.54) is 23.2 Å². The molecule has 0 radical (unpaired) electrons. The summed E-state index contributed by atoms with van der Waals surface area (Å²) in [5.41, 5.74) is 5.19. The van der Waals surface area contributed by atoms with Crippen molar-refractivity contribution >= 4 is 23.6 Å². The SMILES string of the molecule is Cc1ccc(SOC2CN(c3cc(C)nc(OCc4ccc(C(C)[C@]5(C)CCNC5=O)cc4)c3)C2)cc1. The molecule has 1 N–H and O–H groups in total. The van der Waals surface area contributed by atoms with E-state index in [0.29, 0.717) is 12.5 Å². The van der Waals surface area contributed by atoms with Gasteiger partial charge in [-0.15, -0.1) is 0 Å². The fourth-order valence-electron chi connectivity index (χ4n) is 4.90. The molecular formula is C30H35N3O3S. The second kappa shape index (κ2) is 10.8. The molecule has 1 amide bonds. The lowest BCUT2D eigenvalue weighted by molar-refractivity contribution is -0.127. The van der Waals surface area contributed by atoms with E-state index < -0.39 is 0 Å². The Morgan fingerprint density at radius 3 is 2.51 bits per heavy atom. The first-order valence-corrected chi connectivity index (χ1v) is 13.7. The van der Waals surface area contributed by atoms with Crippen LogP contribution in [0.5, 0.6) is 5.88 Å². The smallest absolute Gasteiger partial charge is 0.226 e. The van der Waals surface area contributed by atoms with Crippen LogP contribution in [0.1, 0.15) is 48.6 Å². The van der Waals surface area contributed by atoms with Gasteiger partial charge in [-0.1, -0.05) is 55.8 Å². The molecule has 2 aliphatic heterocycles. The number of benzene rings is 2. The third-order valence-electron chi connectivity index (χ3n) is 7.70. The van der Waals surface area contributed by atoms with Crippen molar-refractivity contribution in [2.24, 2.45) is 5.41 Å². The van der Waals surface area contributed by atoms with Crippen molar-refractivity contribution in [3.8, 4) is 5.88 Å². The summed E-state index contributed by atoms with van der Waals surface area (Å²) in [7, 11) is 0. The number of rotatable bonds is 9. The van der Waals surface area contributed by atoms with Crippen LogP contribution >= 0.6 is 12.0 Å². The lowest BCUT2D eigenvalue weighted by atomic mass is 9.73. The Kier molecular flexibility index (Phi) is 7.45. The maximum absolute atomic E-state index is 12.3. The van der Waals surface area contributed by atoms with E-state index in [2.05, 4.69) is 90.6 Å². The molecule has 3 aromatic rings. The molecule has 2 aliphatic rings. The molecule has 1 unspecified atom stereocenters. The third-order valence-corrected chi connectivity index (χ3v) is 8.53. The van der Waals surface area contributed by atoms with Crippen molar-refractivity contribution in [2.75, 3.05) is 24.5 Å². The average molecular weight is 518 g/mol. The van der Waals surface area contributed by atoms with Crippen molar-refractivity contribution in [1.29, 1.82) is 0 Å². The van der Waals surface area contributed by atoms with Crippen molar-refractivity contribution in [3.63, 3.8) is 0 Å². The van der Waals surface area contributed by atoms with Crippen molar-refractivity contribution in [1.82, 2.24) is 10.3 Å². The standard InChI is InChI=1S/C30H35N3O3S/c1-20-5-11-27(12-6-20)37-36-26-17-33(18-26)25-15-21(2)32-28(16-25)35-19-23-7-9-24(10-8-23)22(3)30(4)13-14-31-29(30)34/h5-12,15-16,22,26H,13-14,17-19H2,1-4H3,(H,31,34)/t22?,30-/m0/s1. The van der Waals surface area contributed by atoms with E-state index in [0.717, 1.165) is 47.9 Å². The molecule has 194 valence electrons. The van der Waals surface area contributed by atoms with Gasteiger partial charge < -0.3 is 19.1 Å². The van der Waals surface area contributed by atoms with Gasteiger partial charge in [-0.3, -0.25) is 4.79 Å². The monoisotopic (exact) mass is 517 g/mol. The van der Waals surface area contributed by atoms with Gasteiger partial charge in [0.2, 0.25) is 11.8 Å². The highest BCUT2D eigenvalue weighted by Gasteiger charge is 2.42.